The quantitative estimate of drug-likeness (QED) is 0.863. The molecule has 1 atom stereocenters. The van der Waals surface area contributed by atoms with Gasteiger partial charge in [0.05, 0.1) is 6.61 Å². The van der Waals surface area contributed by atoms with Crippen LogP contribution in [0.25, 0.3) is 0 Å². The zero-order valence-electron chi connectivity index (χ0n) is 16.1. The number of nitrogens with zero attached hydrogens (tertiary/aromatic N) is 2. The van der Waals surface area contributed by atoms with E-state index in [9.17, 15) is 14.7 Å². The molecule has 0 spiro atoms. The first-order valence-electron chi connectivity index (χ1n) is 9.64. The Kier molecular flexibility index (Phi) is 6.66. The van der Waals surface area contributed by atoms with E-state index in [1.807, 2.05) is 25.1 Å². The molecule has 0 unspecified atom stereocenters. The molecule has 2 aromatic rings. The van der Waals surface area contributed by atoms with Gasteiger partial charge in [-0.2, -0.15) is 0 Å². The molecule has 6 heteroatoms. The monoisotopic (exact) mass is 382 g/mol. The molecule has 1 saturated heterocycles. The molecule has 3 rings (SSSR count). The number of amides is 2. The predicted octanol–water partition coefficient (Wildman–Crippen LogP) is 2.49. The van der Waals surface area contributed by atoms with Crippen LogP contribution in [0.3, 0.4) is 0 Å². The molecular formula is C22H26N2O4. The lowest BCUT2D eigenvalue weighted by Gasteiger charge is -2.24. The first kappa shape index (κ1) is 19.9. The van der Waals surface area contributed by atoms with Crippen molar-refractivity contribution in [3.05, 3.63) is 65.7 Å². The fourth-order valence-electron chi connectivity index (χ4n) is 3.36. The van der Waals surface area contributed by atoms with E-state index in [1.54, 1.807) is 46.2 Å². The van der Waals surface area contributed by atoms with Crippen LogP contribution >= 0.6 is 0 Å². The van der Waals surface area contributed by atoms with Gasteiger partial charge in [0.15, 0.2) is 6.10 Å². The molecule has 0 bridgehead atoms. The van der Waals surface area contributed by atoms with Crippen LogP contribution < -0.4 is 4.74 Å². The molecule has 0 aromatic heterocycles. The number of carbonyl (C=O) groups is 2. The summed E-state index contributed by atoms with van der Waals surface area (Å²) in [5.74, 6) is 0.282. The van der Waals surface area contributed by atoms with Gasteiger partial charge >= 0.3 is 0 Å². The summed E-state index contributed by atoms with van der Waals surface area (Å²) in [5, 5.41) is 10.4. The molecule has 1 N–H and O–H groups in total. The fourth-order valence-corrected chi connectivity index (χ4v) is 3.36. The minimum absolute atomic E-state index is 0.0699. The number of rotatable bonds is 5. The largest absolute Gasteiger partial charge is 0.494 e. The smallest absolute Gasteiger partial charge is 0.256 e. The molecule has 0 radical (unpaired) electrons. The standard InChI is InChI=1S/C22H26N2O4/c1-2-28-19-11-6-10-18(16-19)21(26)23-12-7-13-24(15-14-23)22(27)20(25)17-8-4-3-5-9-17/h3-6,8-11,16,20,25H,2,7,12-15H2,1H3/t20-/m0/s1. The number of carbonyl (C=O) groups excluding carboxylic acids is 2. The summed E-state index contributed by atoms with van der Waals surface area (Å²) in [7, 11) is 0. The van der Waals surface area contributed by atoms with Gasteiger partial charge < -0.3 is 19.6 Å². The van der Waals surface area contributed by atoms with E-state index in [0.717, 1.165) is 0 Å². The molecule has 0 aliphatic carbocycles. The van der Waals surface area contributed by atoms with Gasteiger partial charge in [-0.3, -0.25) is 9.59 Å². The lowest BCUT2D eigenvalue weighted by atomic mass is 10.1. The van der Waals surface area contributed by atoms with Crippen molar-refractivity contribution in [1.29, 1.82) is 0 Å². The molecule has 148 valence electrons. The van der Waals surface area contributed by atoms with Crippen LogP contribution in [-0.2, 0) is 4.79 Å². The van der Waals surface area contributed by atoms with E-state index >= 15 is 0 Å². The van der Waals surface area contributed by atoms with Crippen molar-refractivity contribution in [2.24, 2.45) is 0 Å². The molecule has 1 aliphatic rings. The number of aliphatic hydroxyl groups is 1. The summed E-state index contributed by atoms with van der Waals surface area (Å²) in [5.41, 5.74) is 1.16. The van der Waals surface area contributed by atoms with E-state index in [0.29, 0.717) is 56.1 Å². The zero-order valence-corrected chi connectivity index (χ0v) is 16.1. The Bertz CT molecular complexity index is 809. The number of hydrogen-bond acceptors (Lipinski definition) is 4. The van der Waals surface area contributed by atoms with Crippen LogP contribution in [-0.4, -0.2) is 59.5 Å². The van der Waals surface area contributed by atoms with Crippen LogP contribution in [0.1, 0.15) is 35.4 Å². The number of ether oxygens (including phenoxy) is 1. The normalized spacial score (nSPS) is 15.6. The van der Waals surface area contributed by atoms with Crippen molar-refractivity contribution < 1.29 is 19.4 Å². The second kappa shape index (κ2) is 9.37. The van der Waals surface area contributed by atoms with Gasteiger partial charge in [0.25, 0.3) is 11.8 Å². The zero-order chi connectivity index (χ0) is 19.9. The summed E-state index contributed by atoms with van der Waals surface area (Å²) in [6.07, 6.45) is -0.504. The van der Waals surface area contributed by atoms with Gasteiger partial charge in [0, 0.05) is 31.7 Å². The first-order valence-corrected chi connectivity index (χ1v) is 9.64. The van der Waals surface area contributed by atoms with Crippen LogP contribution in [0.15, 0.2) is 54.6 Å². The van der Waals surface area contributed by atoms with Crippen molar-refractivity contribution in [3.8, 4) is 5.75 Å². The third-order valence-electron chi connectivity index (χ3n) is 4.84. The average Bonchev–Trinajstić information content (AvgIpc) is 2.99. The van der Waals surface area contributed by atoms with Crippen LogP contribution in [0.4, 0.5) is 0 Å². The lowest BCUT2D eigenvalue weighted by molar-refractivity contribution is -0.140. The van der Waals surface area contributed by atoms with Crippen molar-refractivity contribution in [3.63, 3.8) is 0 Å². The fraction of sp³-hybridized carbons (Fsp3) is 0.364. The van der Waals surface area contributed by atoms with Gasteiger partial charge in [0.2, 0.25) is 0 Å². The maximum absolute atomic E-state index is 12.9. The number of hydrogen-bond donors (Lipinski definition) is 1. The van der Waals surface area contributed by atoms with Gasteiger partial charge in [-0.1, -0.05) is 36.4 Å². The van der Waals surface area contributed by atoms with E-state index < -0.39 is 6.10 Å². The number of aliphatic hydroxyl groups excluding tert-OH is 1. The van der Waals surface area contributed by atoms with Crippen molar-refractivity contribution in [2.75, 3.05) is 32.8 Å². The Balaban J connectivity index is 1.63. The minimum Gasteiger partial charge on any atom is -0.494 e. The second-order valence-electron chi connectivity index (χ2n) is 6.75. The van der Waals surface area contributed by atoms with Gasteiger partial charge in [-0.25, -0.2) is 0 Å². The molecule has 6 nitrogen and oxygen atoms in total. The Morgan fingerprint density at radius 3 is 2.46 bits per heavy atom. The van der Waals surface area contributed by atoms with Crippen LogP contribution in [0, 0.1) is 0 Å². The Labute approximate surface area is 165 Å². The Morgan fingerprint density at radius 2 is 1.71 bits per heavy atom. The maximum atomic E-state index is 12.9. The maximum Gasteiger partial charge on any atom is 0.256 e. The average molecular weight is 382 g/mol. The van der Waals surface area contributed by atoms with Crippen molar-refractivity contribution in [2.45, 2.75) is 19.4 Å². The molecule has 2 amide bonds. The van der Waals surface area contributed by atoms with E-state index in [2.05, 4.69) is 0 Å². The van der Waals surface area contributed by atoms with Gasteiger partial charge in [-0.15, -0.1) is 0 Å². The SMILES string of the molecule is CCOc1cccc(C(=O)N2CCCN(C(=O)[C@@H](O)c3ccccc3)CC2)c1. The molecular weight excluding hydrogens is 356 g/mol. The van der Waals surface area contributed by atoms with E-state index in [4.69, 9.17) is 4.74 Å². The summed E-state index contributed by atoms with van der Waals surface area (Å²) >= 11 is 0. The molecule has 1 fully saturated rings. The van der Waals surface area contributed by atoms with Crippen LogP contribution in [0.2, 0.25) is 0 Å². The van der Waals surface area contributed by atoms with Crippen molar-refractivity contribution in [1.82, 2.24) is 9.80 Å². The third-order valence-corrected chi connectivity index (χ3v) is 4.84. The van der Waals surface area contributed by atoms with Gasteiger partial charge in [0.1, 0.15) is 5.75 Å². The summed E-state index contributed by atoms with van der Waals surface area (Å²) in [4.78, 5) is 28.9. The Hall–Kier alpha value is -2.86. The molecule has 28 heavy (non-hydrogen) atoms. The molecule has 2 aromatic carbocycles. The molecule has 1 aliphatic heterocycles. The third kappa shape index (κ3) is 4.70. The molecule has 1 heterocycles. The Morgan fingerprint density at radius 1 is 1.00 bits per heavy atom. The summed E-state index contributed by atoms with van der Waals surface area (Å²) < 4.78 is 5.47. The van der Waals surface area contributed by atoms with E-state index in [-0.39, 0.29) is 11.8 Å². The first-order chi connectivity index (χ1) is 13.6. The van der Waals surface area contributed by atoms with Gasteiger partial charge in [-0.05, 0) is 37.1 Å². The lowest BCUT2D eigenvalue weighted by Crippen LogP contribution is -2.39. The highest BCUT2D eigenvalue weighted by atomic mass is 16.5. The van der Waals surface area contributed by atoms with Crippen molar-refractivity contribution >= 4 is 11.8 Å². The highest BCUT2D eigenvalue weighted by Crippen LogP contribution is 2.19. The summed E-state index contributed by atoms with van der Waals surface area (Å²) in [6, 6.07) is 16.1. The van der Waals surface area contributed by atoms with Crippen LogP contribution in [0.5, 0.6) is 5.75 Å². The second-order valence-corrected chi connectivity index (χ2v) is 6.75. The highest BCUT2D eigenvalue weighted by Gasteiger charge is 2.27. The number of benzene rings is 2. The molecule has 0 saturated carbocycles. The van der Waals surface area contributed by atoms with E-state index in [1.165, 1.54) is 0 Å². The predicted molar refractivity (Wildman–Crippen MR) is 106 cm³/mol. The topological polar surface area (TPSA) is 70.1 Å². The highest BCUT2D eigenvalue weighted by molar-refractivity contribution is 5.94. The summed E-state index contributed by atoms with van der Waals surface area (Å²) in [6.45, 7) is 4.37. The minimum atomic E-state index is -1.17.